The molecule has 0 radical (unpaired) electrons. The Hall–Kier alpha value is -2.06. The molecular formula is C15H19N5. The topological polar surface area (TPSA) is 70.9 Å². The van der Waals surface area contributed by atoms with E-state index in [0.717, 1.165) is 25.0 Å². The molecule has 1 aromatic carbocycles. The summed E-state index contributed by atoms with van der Waals surface area (Å²) in [4.78, 5) is 6.83. The van der Waals surface area contributed by atoms with Gasteiger partial charge in [0.05, 0.1) is 11.1 Å². The molecule has 20 heavy (non-hydrogen) atoms. The Balaban J connectivity index is 1.77. The van der Waals surface area contributed by atoms with Gasteiger partial charge >= 0.3 is 0 Å². The van der Waals surface area contributed by atoms with E-state index < -0.39 is 0 Å². The minimum Gasteiger partial charge on any atom is -0.369 e. The van der Waals surface area contributed by atoms with Crippen LogP contribution in [0.3, 0.4) is 0 Å². The summed E-state index contributed by atoms with van der Waals surface area (Å²) in [6.07, 6.45) is 3.70. The fourth-order valence-corrected chi connectivity index (χ4v) is 2.95. The van der Waals surface area contributed by atoms with E-state index >= 15 is 0 Å². The van der Waals surface area contributed by atoms with Gasteiger partial charge < -0.3 is 15.2 Å². The predicted octanol–water partition coefficient (Wildman–Crippen LogP) is 1.98. The largest absolute Gasteiger partial charge is 0.369 e. The number of hydrogen-bond donors (Lipinski definition) is 1. The van der Waals surface area contributed by atoms with Gasteiger partial charge in [-0.25, -0.2) is 4.98 Å². The molecule has 1 saturated heterocycles. The zero-order valence-corrected chi connectivity index (χ0v) is 11.5. The fourth-order valence-electron chi connectivity index (χ4n) is 2.95. The number of benzene rings is 1. The Morgan fingerprint density at radius 2 is 2.05 bits per heavy atom. The molecule has 1 aromatic heterocycles. The van der Waals surface area contributed by atoms with Crippen LogP contribution in [-0.4, -0.2) is 34.1 Å². The first-order valence-corrected chi connectivity index (χ1v) is 7.17. The van der Waals surface area contributed by atoms with Crippen molar-refractivity contribution in [2.45, 2.75) is 25.8 Å². The molecule has 104 valence electrons. The lowest BCUT2D eigenvalue weighted by molar-refractivity contribution is 0.326. The van der Waals surface area contributed by atoms with Crippen molar-refractivity contribution in [3.63, 3.8) is 0 Å². The molecule has 0 unspecified atom stereocenters. The summed E-state index contributed by atoms with van der Waals surface area (Å²) < 4.78 is 2.02. The number of hydrogen-bond acceptors (Lipinski definition) is 4. The second kappa shape index (κ2) is 5.51. The number of anilines is 1. The second-order valence-electron chi connectivity index (χ2n) is 5.31. The highest BCUT2D eigenvalue weighted by molar-refractivity contribution is 5.83. The van der Waals surface area contributed by atoms with Crippen LogP contribution < -0.4 is 5.73 Å². The van der Waals surface area contributed by atoms with E-state index in [2.05, 4.69) is 16.0 Å². The standard InChI is InChI=1S/C15H19N5/c16-11-12-5-3-6-13-14(12)18-15(17)20(13)10-4-9-19-7-1-2-8-19/h3,5-6H,1-2,4,7-10H2,(H2,17,18). The molecule has 1 fully saturated rings. The molecule has 0 saturated carbocycles. The number of nitrogens with zero attached hydrogens (tertiary/aromatic N) is 4. The van der Waals surface area contributed by atoms with E-state index in [4.69, 9.17) is 11.0 Å². The van der Waals surface area contributed by atoms with Gasteiger partial charge in [-0.2, -0.15) is 5.26 Å². The summed E-state index contributed by atoms with van der Waals surface area (Å²) >= 11 is 0. The number of nitriles is 1. The Bertz CT molecular complexity index is 646. The normalized spacial score (nSPS) is 15.8. The molecule has 3 rings (SSSR count). The molecular weight excluding hydrogens is 250 g/mol. The van der Waals surface area contributed by atoms with Crippen molar-refractivity contribution in [1.29, 1.82) is 5.26 Å². The number of rotatable bonds is 4. The Kier molecular flexibility index (Phi) is 3.57. The van der Waals surface area contributed by atoms with Crippen LogP contribution in [0, 0.1) is 11.3 Å². The number of likely N-dealkylation sites (tertiary alicyclic amines) is 1. The van der Waals surface area contributed by atoms with Crippen molar-refractivity contribution in [3.05, 3.63) is 23.8 Å². The van der Waals surface area contributed by atoms with E-state index in [1.165, 1.54) is 25.9 Å². The van der Waals surface area contributed by atoms with Gasteiger partial charge in [-0.3, -0.25) is 0 Å². The highest BCUT2D eigenvalue weighted by Crippen LogP contribution is 2.21. The Morgan fingerprint density at radius 3 is 2.80 bits per heavy atom. The van der Waals surface area contributed by atoms with E-state index in [9.17, 15) is 0 Å². The lowest BCUT2D eigenvalue weighted by Crippen LogP contribution is -2.21. The summed E-state index contributed by atoms with van der Waals surface area (Å²) in [5, 5.41) is 9.11. The second-order valence-corrected chi connectivity index (χ2v) is 5.31. The summed E-state index contributed by atoms with van der Waals surface area (Å²) in [5.41, 5.74) is 8.27. The highest BCUT2D eigenvalue weighted by Gasteiger charge is 2.13. The van der Waals surface area contributed by atoms with E-state index in [1.807, 2.05) is 16.7 Å². The smallest absolute Gasteiger partial charge is 0.201 e. The third kappa shape index (κ3) is 2.35. The molecule has 1 aliphatic rings. The van der Waals surface area contributed by atoms with Gasteiger partial charge in [0.15, 0.2) is 0 Å². The monoisotopic (exact) mass is 269 g/mol. The third-order valence-electron chi connectivity index (χ3n) is 3.98. The number of nitrogen functional groups attached to an aromatic ring is 1. The summed E-state index contributed by atoms with van der Waals surface area (Å²) in [6.45, 7) is 4.41. The summed E-state index contributed by atoms with van der Waals surface area (Å²) in [7, 11) is 0. The molecule has 2 aromatic rings. The Labute approximate surface area is 118 Å². The Morgan fingerprint density at radius 1 is 1.25 bits per heavy atom. The van der Waals surface area contributed by atoms with Crippen LogP contribution in [0.25, 0.3) is 11.0 Å². The summed E-state index contributed by atoms with van der Waals surface area (Å²) in [6, 6.07) is 7.82. The van der Waals surface area contributed by atoms with Crippen molar-refractivity contribution < 1.29 is 0 Å². The zero-order valence-electron chi connectivity index (χ0n) is 11.5. The minimum absolute atomic E-state index is 0.504. The molecule has 0 spiro atoms. The van der Waals surface area contributed by atoms with Gasteiger partial charge in [0.1, 0.15) is 11.6 Å². The maximum absolute atomic E-state index is 9.11. The molecule has 0 atom stereocenters. The van der Waals surface area contributed by atoms with Crippen LogP contribution in [0.4, 0.5) is 5.95 Å². The average molecular weight is 269 g/mol. The maximum atomic E-state index is 9.11. The van der Waals surface area contributed by atoms with Gasteiger partial charge in [-0.05, 0) is 51.0 Å². The predicted molar refractivity (Wildman–Crippen MR) is 79.2 cm³/mol. The number of nitrogens with two attached hydrogens (primary N) is 1. The number of aromatic nitrogens is 2. The lowest BCUT2D eigenvalue weighted by atomic mass is 10.2. The SMILES string of the molecule is N#Cc1cccc2c1nc(N)n2CCCN1CCCC1. The molecule has 2 N–H and O–H groups in total. The first-order chi connectivity index (χ1) is 9.79. The van der Waals surface area contributed by atoms with Crippen LogP contribution in [0.5, 0.6) is 0 Å². The van der Waals surface area contributed by atoms with Crippen molar-refractivity contribution in [2.24, 2.45) is 0 Å². The molecule has 2 heterocycles. The highest BCUT2D eigenvalue weighted by atomic mass is 15.2. The van der Waals surface area contributed by atoms with E-state index in [1.54, 1.807) is 6.07 Å². The van der Waals surface area contributed by atoms with Gasteiger partial charge in [-0.15, -0.1) is 0 Å². The molecule has 0 amide bonds. The first-order valence-electron chi connectivity index (χ1n) is 7.17. The van der Waals surface area contributed by atoms with Crippen LogP contribution >= 0.6 is 0 Å². The maximum Gasteiger partial charge on any atom is 0.201 e. The van der Waals surface area contributed by atoms with Gasteiger partial charge in [-0.1, -0.05) is 6.07 Å². The number of aryl methyl sites for hydroxylation is 1. The number of para-hydroxylation sites is 1. The van der Waals surface area contributed by atoms with E-state index in [0.29, 0.717) is 17.0 Å². The molecule has 5 heteroatoms. The van der Waals surface area contributed by atoms with Crippen LogP contribution in [0.15, 0.2) is 18.2 Å². The van der Waals surface area contributed by atoms with Gasteiger partial charge in [0, 0.05) is 6.54 Å². The van der Waals surface area contributed by atoms with Crippen LogP contribution in [0.1, 0.15) is 24.8 Å². The van der Waals surface area contributed by atoms with Crippen molar-refractivity contribution >= 4 is 17.0 Å². The molecule has 0 bridgehead atoms. The zero-order chi connectivity index (χ0) is 13.9. The molecule has 0 aliphatic carbocycles. The van der Waals surface area contributed by atoms with Crippen molar-refractivity contribution in [3.8, 4) is 6.07 Å². The lowest BCUT2D eigenvalue weighted by Gasteiger charge is -2.14. The van der Waals surface area contributed by atoms with Gasteiger partial charge in [0.2, 0.25) is 5.95 Å². The minimum atomic E-state index is 0.504. The van der Waals surface area contributed by atoms with E-state index in [-0.39, 0.29) is 0 Å². The van der Waals surface area contributed by atoms with Gasteiger partial charge in [0.25, 0.3) is 0 Å². The van der Waals surface area contributed by atoms with Crippen molar-refractivity contribution in [2.75, 3.05) is 25.4 Å². The van der Waals surface area contributed by atoms with Crippen LogP contribution in [0.2, 0.25) is 0 Å². The number of fused-ring (bicyclic) bond motifs is 1. The third-order valence-corrected chi connectivity index (χ3v) is 3.98. The average Bonchev–Trinajstić information content (AvgIpc) is 3.07. The first kappa shape index (κ1) is 12.9. The molecule has 5 nitrogen and oxygen atoms in total. The van der Waals surface area contributed by atoms with Crippen LogP contribution in [-0.2, 0) is 6.54 Å². The quantitative estimate of drug-likeness (QED) is 0.921. The van der Waals surface area contributed by atoms with Crippen molar-refractivity contribution in [1.82, 2.24) is 14.5 Å². The molecule has 1 aliphatic heterocycles. The fraction of sp³-hybridized carbons (Fsp3) is 0.467. The number of imidazole rings is 1. The summed E-state index contributed by atoms with van der Waals surface area (Å²) in [5.74, 6) is 0.504.